The van der Waals surface area contributed by atoms with Gasteiger partial charge in [0.2, 0.25) is 12.1 Å². The third-order valence-corrected chi connectivity index (χ3v) is 4.25. The second-order valence-electron chi connectivity index (χ2n) is 6.09. The average Bonchev–Trinajstić information content (AvgIpc) is 2.99. The molecule has 0 saturated carbocycles. The molecule has 0 bridgehead atoms. The molecule has 9 heteroatoms. The number of Topliss-reactive ketones (excluding diaryl/α,β-unsaturated/α-hetero) is 1. The predicted molar refractivity (Wildman–Crippen MR) is 96.5 cm³/mol. The summed E-state index contributed by atoms with van der Waals surface area (Å²) in [6.07, 6.45) is 2.64. The summed E-state index contributed by atoms with van der Waals surface area (Å²) in [5, 5.41) is 21.8. The van der Waals surface area contributed by atoms with Gasteiger partial charge in [-0.2, -0.15) is 0 Å². The number of rotatable bonds is 7. The van der Waals surface area contributed by atoms with E-state index in [-0.39, 0.29) is 23.7 Å². The molecule has 0 unspecified atom stereocenters. The fraction of sp³-hybridized carbons (Fsp3) is 0.222. The lowest BCUT2D eigenvalue weighted by Crippen LogP contribution is -2.31. The van der Waals surface area contributed by atoms with Gasteiger partial charge in [0, 0.05) is 23.8 Å². The highest BCUT2D eigenvalue weighted by Crippen LogP contribution is 2.20. The van der Waals surface area contributed by atoms with Crippen molar-refractivity contribution in [1.29, 1.82) is 0 Å². The second-order valence-corrected chi connectivity index (χ2v) is 6.09. The van der Waals surface area contributed by atoms with Crippen LogP contribution in [0.1, 0.15) is 23.7 Å². The van der Waals surface area contributed by atoms with E-state index in [0.29, 0.717) is 17.6 Å². The lowest BCUT2D eigenvalue weighted by molar-refractivity contribution is -0.672. The van der Waals surface area contributed by atoms with Crippen molar-refractivity contribution < 1.29 is 19.2 Å². The number of hydrogen-bond acceptors (Lipinski definition) is 5. The molecule has 1 aromatic heterocycles. The van der Waals surface area contributed by atoms with Crippen LogP contribution < -0.4 is 4.57 Å². The van der Waals surface area contributed by atoms with E-state index in [4.69, 9.17) is 0 Å². The van der Waals surface area contributed by atoms with Gasteiger partial charge in [-0.05, 0) is 24.6 Å². The SMILES string of the molecule is CCC[n+]1cn(CC(=O)c2ccc([N+](=O)[O-])cc2)c2cc([N+](=O)[O-])ccc21. The molecule has 0 aliphatic carbocycles. The van der Waals surface area contributed by atoms with E-state index < -0.39 is 9.85 Å². The smallest absolute Gasteiger partial charge is 0.273 e. The van der Waals surface area contributed by atoms with E-state index in [0.717, 1.165) is 11.9 Å². The van der Waals surface area contributed by atoms with E-state index in [9.17, 15) is 25.0 Å². The first-order valence-electron chi connectivity index (χ1n) is 8.35. The topological polar surface area (TPSA) is 112 Å². The standard InChI is InChI=1S/C18H17N4O5/c1-2-9-19-12-20(17-10-15(22(26)27)7-8-16(17)19)11-18(23)13-3-5-14(6-4-13)21(24)25/h3-8,10,12H,2,9,11H2,1H3/q+1. The van der Waals surface area contributed by atoms with Crippen molar-refractivity contribution in [2.45, 2.75) is 26.4 Å². The number of aromatic nitrogens is 2. The molecule has 27 heavy (non-hydrogen) atoms. The van der Waals surface area contributed by atoms with Crippen molar-refractivity contribution in [3.05, 3.63) is 74.6 Å². The van der Waals surface area contributed by atoms with Gasteiger partial charge in [-0.1, -0.05) is 6.92 Å². The van der Waals surface area contributed by atoms with E-state index in [1.807, 2.05) is 11.5 Å². The molecule has 0 N–H and O–H groups in total. The summed E-state index contributed by atoms with van der Waals surface area (Å²) in [5.41, 5.74) is 1.60. The number of carbonyl (C=O) groups is 1. The van der Waals surface area contributed by atoms with E-state index in [1.54, 1.807) is 17.0 Å². The molecule has 3 rings (SSSR count). The zero-order valence-electron chi connectivity index (χ0n) is 14.6. The van der Waals surface area contributed by atoms with Crippen molar-refractivity contribution in [3.8, 4) is 0 Å². The molecule has 3 aromatic rings. The Morgan fingerprint density at radius 3 is 2.26 bits per heavy atom. The van der Waals surface area contributed by atoms with Crippen LogP contribution in [0.15, 0.2) is 48.8 Å². The van der Waals surface area contributed by atoms with Gasteiger partial charge in [0.05, 0.1) is 22.5 Å². The molecule has 0 aliphatic heterocycles. The second kappa shape index (κ2) is 7.32. The van der Waals surface area contributed by atoms with Crippen LogP contribution in [0.25, 0.3) is 11.0 Å². The third kappa shape index (κ3) is 3.66. The zero-order chi connectivity index (χ0) is 19.6. The van der Waals surface area contributed by atoms with Crippen LogP contribution in [0.3, 0.4) is 0 Å². The van der Waals surface area contributed by atoms with Crippen LogP contribution in [-0.2, 0) is 13.1 Å². The Balaban J connectivity index is 1.97. The fourth-order valence-corrected chi connectivity index (χ4v) is 2.95. The van der Waals surface area contributed by atoms with Gasteiger partial charge in [0.1, 0.15) is 0 Å². The van der Waals surface area contributed by atoms with Crippen LogP contribution in [0.5, 0.6) is 0 Å². The first-order chi connectivity index (χ1) is 12.9. The summed E-state index contributed by atoms with van der Waals surface area (Å²) in [5.74, 6) is -0.239. The number of hydrogen-bond donors (Lipinski definition) is 0. The Kier molecular flexibility index (Phi) is 4.93. The van der Waals surface area contributed by atoms with Gasteiger partial charge >= 0.3 is 0 Å². The number of nitrogens with zero attached hydrogens (tertiary/aromatic N) is 4. The van der Waals surface area contributed by atoms with Crippen LogP contribution >= 0.6 is 0 Å². The molecule has 0 amide bonds. The predicted octanol–water partition coefficient (Wildman–Crippen LogP) is 3.04. The van der Waals surface area contributed by atoms with Crippen molar-refractivity contribution in [2.75, 3.05) is 0 Å². The van der Waals surface area contributed by atoms with Gasteiger partial charge in [0.15, 0.2) is 17.6 Å². The largest absolute Gasteiger partial charge is 0.290 e. The molecule has 0 radical (unpaired) electrons. The van der Waals surface area contributed by atoms with Crippen LogP contribution in [0, 0.1) is 20.2 Å². The van der Waals surface area contributed by atoms with Crippen LogP contribution in [0.2, 0.25) is 0 Å². The maximum Gasteiger partial charge on any atom is 0.273 e. The number of nitro groups is 2. The lowest BCUT2D eigenvalue weighted by atomic mass is 10.1. The van der Waals surface area contributed by atoms with Crippen molar-refractivity contribution in [2.24, 2.45) is 0 Å². The molecule has 2 aromatic carbocycles. The number of fused-ring (bicyclic) bond motifs is 1. The molecule has 0 saturated heterocycles. The maximum absolute atomic E-state index is 12.6. The highest BCUT2D eigenvalue weighted by atomic mass is 16.6. The van der Waals surface area contributed by atoms with Crippen molar-refractivity contribution >= 4 is 28.2 Å². The molecule has 1 heterocycles. The lowest BCUT2D eigenvalue weighted by Gasteiger charge is -1.99. The monoisotopic (exact) mass is 369 g/mol. The minimum atomic E-state index is -0.527. The first-order valence-corrected chi connectivity index (χ1v) is 8.35. The van der Waals surface area contributed by atoms with Crippen LogP contribution in [-0.4, -0.2) is 20.2 Å². The Morgan fingerprint density at radius 1 is 1.04 bits per heavy atom. The maximum atomic E-state index is 12.6. The number of non-ortho nitro benzene ring substituents is 2. The summed E-state index contributed by atoms with van der Waals surface area (Å²) >= 11 is 0. The Morgan fingerprint density at radius 2 is 1.67 bits per heavy atom. The molecule has 0 fully saturated rings. The van der Waals surface area contributed by atoms with E-state index in [1.165, 1.54) is 36.4 Å². The number of ketones is 1. The molecule has 0 aliphatic rings. The average molecular weight is 369 g/mol. The van der Waals surface area contributed by atoms with Gasteiger partial charge in [-0.25, -0.2) is 9.13 Å². The fourth-order valence-electron chi connectivity index (χ4n) is 2.95. The van der Waals surface area contributed by atoms with Gasteiger partial charge < -0.3 is 0 Å². The van der Waals surface area contributed by atoms with Crippen molar-refractivity contribution in [3.63, 3.8) is 0 Å². The summed E-state index contributed by atoms with van der Waals surface area (Å²) in [6.45, 7) is 2.71. The summed E-state index contributed by atoms with van der Waals surface area (Å²) in [4.78, 5) is 33.4. The first kappa shape index (κ1) is 18.2. The Labute approximate surface area is 153 Å². The summed E-state index contributed by atoms with van der Waals surface area (Å²) in [6, 6.07) is 9.95. The number of benzene rings is 2. The Bertz CT molecular complexity index is 1040. The zero-order valence-corrected chi connectivity index (χ0v) is 14.6. The minimum Gasteiger partial charge on any atom is -0.290 e. The molecular weight excluding hydrogens is 352 g/mol. The Hall–Kier alpha value is -3.62. The molecule has 138 valence electrons. The van der Waals surface area contributed by atoms with E-state index in [2.05, 4.69) is 0 Å². The van der Waals surface area contributed by atoms with E-state index >= 15 is 0 Å². The highest BCUT2D eigenvalue weighted by molar-refractivity contribution is 5.96. The quantitative estimate of drug-likeness (QED) is 0.275. The highest BCUT2D eigenvalue weighted by Gasteiger charge is 2.21. The number of carbonyl (C=O) groups excluding carboxylic acids is 1. The normalized spacial score (nSPS) is 10.9. The number of aryl methyl sites for hydroxylation is 1. The molecule has 9 nitrogen and oxygen atoms in total. The number of nitro benzene ring substituents is 2. The van der Waals surface area contributed by atoms with Gasteiger partial charge in [0.25, 0.3) is 11.4 Å². The number of imidazole rings is 1. The molecular formula is C18H17N4O5+. The summed E-state index contributed by atoms with van der Waals surface area (Å²) < 4.78 is 3.61. The molecule has 0 atom stereocenters. The molecule has 0 spiro atoms. The minimum absolute atomic E-state index is 0.0216. The van der Waals surface area contributed by atoms with Crippen LogP contribution in [0.4, 0.5) is 11.4 Å². The van der Waals surface area contributed by atoms with Gasteiger partial charge in [-0.15, -0.1) is 0 Å². The van der Waals surface area contributed by atoms with Crippen molar-refractivity contribution in [1.82, 2.24) is 4.57 Å². The summed E-state index contributed by atoms with van der Waals surface area (Å²) in [7, 11) is 0. The third-order valence-electron chi connectivity index (χ3n) is 4.25. The van der Waals surface area contributed by atoms with Gasteiger partial charge in [-0.3, -0.25) is 25.0 Å².